The molecule has 12 heteroatoms. The zero-order chi connectivity index (χ0) is 21.6. The molecule has 1 aliphatic rings. The molecule has 0 fully saturated rings. The number of carboxylic acid groups (broad SMARTS) is 2. The quantitative estimate of drug-likeness (QED) is 0.529. The minimum atomic E-state index is -3.49. The topological polar surface area (TPSA) is 171 Å². The molecule has 5 N–H and O–H groups in total. The molecule has 0 saturated heterocycles. The monoisotopic (exact) mass is 441 g/mol. The third-order valence-electron chi connectivity index (χ3n) is 3.88. The van der Waals surface area contributed by atoms with E-state index in [0.29, 0.717) is 22.7 Å². The lowest BCUT2D eigenvalue weighted by Gasteiger charge is -2.25. The van der Waals surface area contributed by atoms with E-state index in [1.807, 2.05) is 0 Å². The summed E-state index contributed by atoms with van der Waals surface area (Å²) in [4.78, 5) is 23.8. The van der Waals surface area contributed by atoms with Gasteiger partial charge < -0.3 is 21.1 Å². The number of thiophene rings is 1. The van der Waals surface area contributed by atoms with Crippen LogP contribution >= 0.6 is 11.3 Å². The third kappa shape index (κ3) is 5.60. The van der Waals surface area contributed by atoms with E-state index in [-0.39, 0.29) is 13.1 Å². The standard InChI is InChI=1S/C15H14N2O5S2.C2H5NO2/c18-12-8-11(9-16-14(12)15(19)20)10-3-5-17(6-4-10)24(21,22)13-2-1-7-23-13;3-1-2(4)5/h1-3,7-9,18H,4-6H2,(H,19,20);1,3H2,(H,4,5). The Bertz CT molecular complexity index is 1020. The van der Waals surface area contributed by atoms with Gasteiger partial charge in [0.2, 0.25) is 0 Å². The normalized spacial score (nSPS) is 14.4. The van der Waals surface area contributed by atoms with E-state index < -0.39 is 33.4 Å². The number of hydrogen-bond donors (Lipinski definition) is 4. The predicted molar refractivity (Wildman–Crippen MR) is 105 cm³/mol. The van der Waals surface area contributed by atoms with E-state index >= 15 is 0 Å². The minimum absolute atomic E-state index is 0.219. The van der Waals surface area contributed by atoms with Crippen LogP contribution in [0.1, 0.15) is 22.5 Å². The molecule has 1 aliphatic heterocycles. The Morgan fingerprint density at radius 2 is 2.00 bits per heavy atom. The molecule has 0 amide bonds. The fraction of sp³-hybridized carbons (Fsp3) is 0.235. The largest absolute Gasteiger partial charge is 0.505 e. The number of hydrogen-bond acceptors (Lipinski definition) is 8. The maximum absolute atomic E-state index is 12.5. The van der Waals surface area contributed by atoms with E-state index in [4.69, 9.17) is 10.2 Å². The number of aromatic carboxylic acids is 1. The van der Waals surface area contributed by atoms with Crippen molar-refractivity contribution in [3.05, 3.63) is 47.1 Å². The summed E-state index contributed by atoms with van der Waals surface area (Å²) in [7, 11) is -3.49. The highest BCUT2D eigenvalue weighted by Crippen LogP contribution is 2.29. The SMILES string of the molecule is NCC(=O)O.O=C(O)c1ncc(C2=CCN(S(=O)(=O)c3cccs3)CC2)cc1O. The Hall–Kier alpha value is -2.80. The zero-order valence-electron chi connectivity index (χ0n) is 15.1. The summed E-state index contributed by atoms with van der Waals surface area (Å²) in [5.41, 5.74) is 5.58. The lowest BCUT2D eigenvalue weighted by molar-refractivity contribution is -0.135. The van der Waals surface area contributed by atoms with Gasteiger partial charge in [-0.15, -0.1) is 11.3 Å². The second-order valence-electron chi connectivity index (χ2n) is 5.77. The van der Waals surface area contributed by atoms with Gasteiger partial charge in [-0.1, -0.05) is 12.1 Å². The van der Waals surface area contributed by atoms with Crippen LogP contribution in [0, 0.1) is 0 Å². The average molecular weight is 441 g/mol. The molecule has 10 nitrogen and oxygen atoms in total. The highest BCUT2D eigenvalue weighted by Gasteiger charge is 2.27. The second-order valence-corrected chi connectivity index (χ2v) is 8.88. The first-order valence-electron chi connectivity index (χ1n) is 8.24. The number of nitrogens with zero attached hydrogens (tertiary/aromatic N) is 2. The number of carbonyl (C=O) groups is 2. The fourth-order valence-corrected chi connectivity index (χ4v) is 4.99. The van der Waals surface area contributed by atoms with Crippen LogP contribution in [0.2, 0.25) is 0 Å². The molecule has 0 aromatic carbocycles. The summed E-state index contributed by atoms with van der Waals surface area (Å²) in [6, 6.07) is 4.61. The molecule has 3 rings (SSSR count). The van der Waals surface area contributed by atoms with Gasteiger partial charge in [0.1, 0.15) is 9.96 Å². The summed E-state index contributed by atoms with van der Waals surface area (Å²) in [6.45, 7) is 0.254. The lowest BCUT2D eigenvalue weighted by atomic mass is 10.0. The Kier molecular flexibility index (Phi) is 7.45. The summed E-state index contributed by atoms with van der Waals surface area (Å²) in [6.07, 6.45) is 3.59. The molecule has 2 aromatic heterocycles. The van der Waals surface area contributed by atoms with Crippen molar-refractivity contribution in [2.75, 3.05) is 19.6 Å². The molecule has 0 atom stereocenters. The van der Waals surface area contributed by atoms with Crippen LogP contribution < -0.4 is 5.73 Å². The Balaban J connectivity index is 0.000000537. The van der Waals surface area contributed by atoms with E-state index in [1.165, 1.54) is 27.9 Å². The molecular weight excluding hydrogens is 422 g/mol. The molecule has 0 aliphatic carbocycles. The molecule has 0 bridgehead atoms. The Morgan fingerprint density at radius 1 is 1.31 bits per heavy atom. The minimum Gasteiger partial charge on any atom is -0.505 e. The van der Waals surface area contributed by atoms with Crippen molar-refractivity contribution in [2.45, 2.75) is 10.6 Å². The number of carboxylic acids is 2. The number of aromatic hydroxyl groups is 1. The molecule has 29 heavy (non-hydrogen) atoms. The molecular formula is C17H19N3O7S2. The first-order chi connectivity index (χ1) is 13.7. The van der Waals surface area contributed by atoms with Crippen molar-refractivity contribution in [1.82, 2.24) is 9.29 Å². The van der Waals surface area contributed by atoms with Crippen LogP contribution in [-0.2, 0) is 14.8 Å². The lowest BCUT2D eigenvalue weighted by Crippen LogP contribution is -2.34. The van der Waals surface area contributed by atoms with Crippen molar-refractivity contribution in [2.24, 2.45) is 5.73 Å². The smallest absolute Gasteiger partial charge is 0.358 e. The summed E-state index contributed by atoms with van der Waals surface area (Å²) >= 11 is 1.18. The number of aliphatic carboxylic acids is 1. The highest BCUT2D eigenvalue weighted by molar-refractivity contribution is 7.91. The van der Waals surface area contributed by atoms with Gasteiger partial charge in [-0.25, -0.2) is 18.2 Å². The second kappa shape index (κ2) is 9.60. The van der Waals surface area contributed by atoms with Gasteiger partial charge in [0.25, 0.3) is 10.0 Å². The van der Waals surface area contributed by atoms with Crippen LogP contribution in [0.3, 0.4) is 0 Å². The maximum atomic E-state index is 12.5. The maximum Gasteiger partial charge on any atom is 0.358 e. The van der Waals surface area contributed by atoms with Crippen LogP contribution in [-0.4, -0.2) is 64.6 Å². The van der Waals surface area contributed by atoms with Crippen molar-refractivity contribution in [3.63, 3.8) is 0 Å². The van der Waals surface area contributed by atoms with Gasteiger partial charge in [0, 0.05) is 19.3 Å². The van der Waals surface area contributed by atoms with E-state index in [2.05, 4.69) is 10.7 Å². The van der Waals surface area contributed by atoms with Crippen molar-refractivity contribution in [1.29, 1.82) is 0 Å². The van der Waals surface area contributed by atoms with Crippen LogP contribution in [0.5, 0.6) is 5.75 Å². The van der Waals surface area contributed by atoms with Gasteiger partial charge in [0.05, 0.1) is 6.54 Å². The number of aromatic nitrogens is 1. The molecule has 3 heterocycles. The average Bonchev–Trinajstić information content (AvgIpc) is 3.24. The molecule has 0 unspecified atom stereocenters. The van der Waals surface area contributed by atoms with Gasteiger partial charge in [0.15, 0.2) is 5.69 Å². The summed E-state index contributed by atoms with van der Waals surface area (Å²) in [5, 5.41) is 27.9. The van der Waals surface area contributed by atoms with Gasteiger partial charge >= 0.3 is 11.9 Å². The molecule has 0 spiro atoms. The molecule has 2 aromatic rings. The number of pyridine rings is 1. The summed E-state index contributed by atoms with van der Waals surface area (Å²) in [5.74, 6) is -2.68. The van der Waals surface area contributed by atoms with Crippen molar-refractivity contribution >= 4 is 38.9 Å². The molecule has 156 valence electrons. The third-order valence-corrected chi connectivity index (χ3v) is 7.11. The highest BCUT2D eigenvalue weighted by atomic mass is 32.2. The number of rotatable bonds is 5. The Labute approximate surface area is 170 Å². The van der Waals surface area contributed by atoms with Crippen molar-refractivity contribution in [3.8, 4) is 5.75 Å². The first kappa shape index (κ1) is 22.5. The van der Waals surface area contributed by atoms with Gasteiger partial charge in [-0.3, -0.25) is 4.79 Å². The first-order valence-corrected chi connectivity index (χ1v) is 10.6. The van der Waals surface area contributed by atoms with Gasteiger partial charge in [-0.2, -0.15) is 4.31 Å². The molecule has 0 radical (unpaired) electrons. The fourth-order valence-electron chi connectivity index (χ4n) is 2.46. The molecule has 0 saturated carbocycles. The van der Waals surface area contributed by atoms with Gasteiger partial charge in [-0.05, 0) is 35.1 Å². The van der Waals surface area contributed by atoms with Crippen LogP contribution in [0.4, 0.5) is 0 Å². The van der Waals surface area contributed by atoms with E-state index in [1.54, 1.807) is 23.6 Å². The summed E-state index contributed by atoms with van der Waals surface area (Å²) < 4.78 is 26.6. The van der Waals surface area contributed by atoms with Crippen LogP contribution in [0.15, 0.2) is 40.1 Å². The number of nitrogens with two attached hydrogens (primary N) is 1. The Morgan fingerprint density at radius 3 is 2.45 bits per heavy atom. The van der Waals surface area contributed by atoms with Crippen LogP contribution in [0.25, 0.3) is 5.57 Å². The van der Waals surface area contributed by atoms with Crippen molar-refractivity contribution < 1.29 is 33.3 Å². The zero-order valence-corrected chi connectivity index (χ0v) is 16.7. The number of sulfonamides is 1. The van der Waals surface area contributed by atoms with E-state index in [0.717, 1.165) is 5.57 Å². The van der Waals surface area contributed by atoms with E-state index in [9.17, 15) is 23.1 Å². The predicted octanol–water partition coefficient (Wildman–Crippen LogP) is 1.05.